The summed E-state index contributed by atoms with van der Waals surface area (Å²) in [6.07, 6.45) is 8.81. The minimum absolute atomic E-state index is 0.532. The van der Waals surface area contributed by atoms with Crippen LogP contribution in [0.3, 0.4) is 0 Å². The molecule has 10 aromatic rings. The Hall–Kier alpha value is -6.35. The van der Waals surface area contributed by atoms with Crippen LogP contribution < -0.4 is 15.9 Å². The van der Waals surface area contributed by atoms with Crippen molar-refractivity contribution in [2.75, 3.05) is 13.2 Å². The molecular weight excluding hydrogens is 1120 g/mol. The van der Waals surface area contributed by atoms with Gasteiger partial charge in [-0.25, -0.2) is 0 Å². The standard InChI is InChI=1S/C61H47N4OPS3.Os/c1-6-17-49-32-33-52(68-49)54-58-59(63-57(44-30-26-40(4)27-31-44)56(62-58)43-28-24-39(3)25-29-43)55(61-60(54)64-70-65-61)53-35-34-51(69-53)50(36-45-38-66-37-42(45)7-2)41(5)67(46-18-11-8-12-19-46,47-20-13-9-14-21-47)48-22-15-10-16-23-48;/h6-36H,37-38H2,1-4H3;/q+1;/b17-6+,42-7?,45-36?,50-41?;. The summed E-state index contributed by atoms with van der Waals surface area (Å²) in [4.78, 5) is 15.9. The van der Waals surface area contributed by atoms with E-state index in [1.807, 2.05) is 17.9 Å². The molecule has 0 aliphatic carbocycles. The van der Waals surface area contributed by atoms with Crippen molar-refractivity contribution in [3.8, 4) is 47.8 Å². The molecule has 0 spiro atoms. The predicted molar refractivity (Wildman–Crippen MR) is 301 cm³/mol. The van der Waals surface area contributed by atoms with Crippen molar-refractivity contribution in [3.63, 3.8) is 0 Å². The number of rotatable bonds is 11. The Morgan fingerprint density at radius 1 is 0.577 bits per heavy atom. The summed E-state index contributed by atoms with van der Waals surface area (Å²) in [6.45, 7) is 9.51. The average molecular weight is 1170 g/mol. The van der Waals surface area contributed by atoms with Crippen LogP contribution in [-0.4, -0.2) is 31.9 Å². The van der Waals surface area contributed by atoms with E-state index in [0.717, 1.165) is 80.8 Å². The van der Waals surface area contributed by atoms with Gasteiger partial charge < -0.3 is 0 Å². The van der Waals surface area contributed by atoms with E-state index >= 15 is 0 Å². The maximum atomic E-state index is 6.18. The first kappa shape index (κ1) is 47.0. The van der Waals surface area contributed by atoms with E-state index in [-0.39, 0.29) is 0 Å². The van der Waals surface area contributed by atoms with E-state index in [4.69, 9.17) is 23.5 Å². The van der Waals surface area contributed by atoms with Crippen LogP contribution in [0.2, 0.25) is 0 Å². The number of hydrogen-bond donors (Lipinski definition) is 0. The molecule has 1 saturated heterocycles. The summed E-state index contributed by atoms with van der Waals surface area (Å²) in [5.41, 5.74) is 14.6. The van der Waals surface area contributed by atoms with Crippen LogP contribution in [0.15, 0.2) is 198 Å². The normalized spacial score (nSPS) is 14.5. The van der Waals surface area contributed by atoms with Crippen LogP contribution in [0.25, 0.3) is 77.1 Å². The number of hydrogen-bond acceptors (Lipinski definition) is 8. The van der Waals surface area contributed by atoms with Crippen LogP contribution in [0.5, 0.6) is 0 Å². The molecule has 10 heteroatoms. The fourth-order valence-corrected chi connectivity index (χ4v) is 18.1. The molecule has 6 aromatic carbocycles. The van der Waals surface area contributed by atoms with E-state index < -0.39 is 7.26 Å². The number of aromatic nitrogens is 4. The molecule has 0 atom stereocenters. The van der Waals surface area contributed by atoms with Crippen LogP contribution in [0.1, 0.15) is 34.7 Å². The Kier molecular flexibility index (Phi) is 13.5. The molecule has 71 heavy (non-hydrogen) atoms. The van der Waals surface area contributed by atoms with Gasteiger partial charge in [0.2, 0.25) is 0 Å². The SMILES string of the molecule is CC=C1COCC1=CC(=C([C]#[Os])[P+](c1ccccc1)(c1ccccc1)c1ccccc1)c1ccc(-c2c3nsnc3c(-c3ccc(/C=C/C)s3)c3nc(-c4ccc(C)cc4)c(-c4ccc(C)cc4)nc23)s1. The third-order valence-electron chi connectivity index (χ3n) is 13.0. The van der Waals surface area contributed by atoms with Crippen molar-refractivity contribution in [2.24, 2.45) is 0 Å². The van der Waals surface area contributed by atoms with Gasteiger partial charge in [-0.15, -0.1) is 0 Å². The van der Waals surface area contributed by atoms with Crippen molar-refractivity contribution in [3.05, 3.63) is 219 Å². The number of ether oxygens (including phenoxy) is 1. The molecule has 0 saturated carbocycles. The van der Waals surface area contributed by atoms with Gasteiger partial charge in [-0.2, -0.15) is 0 Å². The molecule has 5 heterocycles. The van der Waals surface area contributed by atoms with Gasteiger partial charge in [-0.3, -0.25) is 0 Å². The zero-order valence-electron chi connectivity index (χ0n) is 39.5. The molecule has 1 fully saturated rings. The van der Waals surface area contributed by atoms with E-state index in [1.165, 1.54) is 55.2 Å². The van der Waals surface area contributed by atoms with E-state index in [9.17, 15) is 0 Å². The molecule has 0 N–H and O–H groups in total. The number of benzene rings is 6. The van der Waals surface area contributed by atoms with Gasteiger partial charge in [-0.05, 0) is 32.9 Å². The Balaban J connectivity index is 1.24. The summed E-state index contributed by atoms with van der Waals surface area (Å²) >= 11 is 6.55. The van der Waals surface area contributed by atoms with Crippen molar-refractivity contribution in [2.45, 2.75) is 27.7 Å². The molecule has 0 radical (unpaired) electrons. The van der Waals surface area contributed by atoms with E-state index in [1.54, 1.807) is 22.7 Å². The summed E-state index contributed by atoms with van der Waals surface area (Å²) < 4.78 is 20.4. The first-order valence-corrected chi connectivity index (χ1v) is 28.9. The predicted octanol–water partition coefficient (Wildman–Crippen LogP) is 15.2. The van der Waals surface area contributed by atoms with E-state index in [2.05, 4.69) is 220 Å². The van der Waals surface area contributed by atoms with Crippen LogP contribution in [0.4, 0.5) is 0 Å². The topological polar surface area (TPSA) is 60.8 Å². The van der Waals surface area contributed by atoms with Gasteiger partial charge in [0.15, 0.2) is 0 Å². The summed E-state index contributed by atoms with van der Waals surface area (Å²) in [5.74, 6) is 0. The molecule has 1 aliphatic rings. The van der Waals surface area contributed by atoms with Crippen molar-refractivity contribution < 1.29 is 22.7 Å². The van der Waals surface area contributed by atoms with Gasteiger partial charge in [0.25, 0.3) is 0 Å². The number of nitrogens with zero attached hydrogens (tertiary/aromatic N) is 4. The third-order valence-corrected chi connectivity index (χ3v) is 21.1. The maximum absolute atomic E-state index is 6.18. The molecule has 0 bridgehead atoms. The molecule has 1 aliphatic heterocycles. The second-order valence-electron chi connectivity index (χ2n) is 17.4. The molecular formula is C61H47N4OOsPS3+. The van der Waals surface area contributed by atoms with Crippen molar-refractivity contribution >= 4 is 91.3 Å². The number of fused-ring (bicyclic) bond motifs is 2. The number of aryl methyl sites for hydroxylation is 2. The Morgan fingerprint density at radius 3 is 1.56 bits per heavy atom. The Labute approximate surface area is 437 Å². The second-order valence-corrected chi connectivity index (χ2v) is 24.1. The molecule has 4 aromatic heterocycles. The quantitative estimate of drug-likeness (QED) is 0.121. The summed E-state index contributed by atoms with van der Waals surface area (Å²) in [6, 6.07) is 59.4. The zero-order chi connectivity index (χ0) is 48.5. The van der Waals surface area contributed by atoms with Gasteiger partial charge in [0.05, 0.1) is 0 Å². The van der Waals surface area contributed by atoms with Gasteiger partial charge in [0.1, 0.15) is 0 Å². The third kappa shape index (κ3) is 8.71. The van der Waals surface area contributed by atoms with Crippen molar-refractivity contribution in [1.82, 2.24) is 18.7 Å². The van der Waals surface area contributed by atoms with Crippen molar-refractivity contribution in [1.29, 1.82) is 0 Å². The van der Waals surface area contributed by atoms with Crippen LogP contribution in [0, 0.1) is 18.2 Å². The summed E-state index contributed by atoms with van der Waals surface area (Å²) in [7, 11) is -2.60. The molecule has 11 rings (SSSR count). The number of thiophene rings is 2. The Bertz CT molecular complexity index is 3680. The average Bonchev–Trinajstić information content (AvgIpc) is 4.27. The second kappa shape index (κ2) is 20.4. The van der Waals surface area contributed by atoms with Crippen LogP contribution in [-0.2, 0) is 22.7 Å². The fraction of sp³-hybridized carbons (Fsp3) is 0.0984. The van der Waals surface area contributed by atoms with Gasteiger partial charge >= 0.3 is 349 Å². The van der Waals surface area contributed by atoms with Gasteiger partial charge in [0, 0.05) is 4.88 Å². The molecule has 347 valence electrons. The monoisotopic (exact) mass is 1170 g/mol. The minimum atomic E-state index is -2.60. The first-order valence-electron chi connectivity index (χ1n) is 23.5. The fourth-order valence-electron chi connectivity index (χ4n) is 9.54. The first-order chi connectivity index (χ1) is 34.9. The molecule has 5 nitrogen and oxygen atoms in total. The molecule has 0 amide bonds. The number of allylic oxidation sites excluding steroid dienone is 5. The summed E-state index contributed by atoms with van der Waals surface area (Å²) in [5, 5.41) is 4.96. The Morgan fingerprint density at radius 2 is 1.07 bits per heavy atom. The van der Waals surface area contributed by atoms with Crippen LogP contribution >= 0.6 is 41.7 Å². The molecule has 0 unspecified atom stereocenters. The van der Waals surface area contributed by atoms with Gasteiger partial charge in [-0.1, -0.05) is 53.6 Å². The van der Waals surface area contributed by atoms with E-state index in [0.29, 0.717) is 13.2 Å². The zero-order valence-corrected chi connectivity index (χ0v) is 45.4.